The van der Waals surface area contributed by atoms with E-state index in [4.69, 9.17) is 11.5 Å². The second-order valence-electron chi connectivity index (χ2n) is 4.93. The Morgan fingerprint density at radius 3 is 2.38 bits per heavy atom. The lowest BCUT2D eigenvalue weighted by Crippen LogP contribution is -2.54. The van der Waals surface area contributed by atoms with Gasteiger partial charge in [-0.3, -0.25) is 9.59 Å². The topological polar surface area (TPSA) is 158 Å². The summed E-state index contributed by atoms with van der Waals surface area (Å²) in [7, 11) is 0. The van der Waals surface area contributed by atoms with Crippen LogP contribution in [0.4, 0.5) is 4.79 Å². The molecule has 10 nitrogen and oxygen atoms in total. The molecule has 0 spiro atoms. The summed E-state index contributed by atoms with van der Waals surface area (Å²) >= 11 is 0. The minimum atomic E-state index is -1.56. The molecule has 0 bridgehead atoms. The Balaban J connectivity index is 1.98. The molecule has 1 heterocycles. The minimum Gasteiger partial charge on any atom is -0.367 e. The molecule has 0 aliphatic carbocycles. The summed E-state index contributed by atoms with van der Waals surface area (Å²) in [4.78, 5) is 37.8. The van der Waals surface area contributed by atoms with Crippen molar-refractivity contribution in [3.05, 3.63) is 48.0 Å². The van der Waals surface area contributed by atoms with E-state index in [2.05, 4.69) is 20.7 Å². The summed E-state index contributed by atoms with van der Waals surface area (Å²) in [5.41, 5.74) is 11.8. The zero-order valence-corrected chi connectivity index (χ0v) is 12.7. The first-order valence-electron chi connectivity index (χ1n) is 6.99. The molecule has 0 atom stereocenters. The Bertz CT molecular complexity index is 716. The van der Waals surface area contributed by atoms with Crippen LogP contribution >= 0.6 is 0 Å². The van der Waals surface area contributed by atoms with E-state index in [0.29, 0.717) is 6.54 Å². The number of urea groups is 1. The predicted molar refractivity (Wildman–Crippen MR) is 83.1 cm³/mol. The average Bonchev–Trinajstić information content (AvgIpc) is 3.04. The van der Waals surface area contributed by atoms with Gasteiger partial charge < -0.3 is 22.1 Å². The van der Waals surface area contributed by atoms with Crippen LogP contribution in [0.1, 0.15) is 11.1 Å². The summed E-state index contributed by atoms with van der Waals surface area (Å²) < 4.78 is 1.65. The van der Waals surface area contributed by atoms with Gasteiger partial charge in [0.05, 0.1) is 6.54 Å². The summed E-state index contributed by atoms with van der Waals surface area (Å²) in [5.74, 6) is -2.05. The van der Waals surface area contributed by atoms with Crippen LogP contribution in [0.25, 0.3) is 0 Å². The number of rotatable bonds is 7. The molecule has 2 aromatic rings. The largest absolute Gasteiger partial charge is 0.367 e. The summed E-state index contributed by atoms with van der Waals surface area (Å²) in [6, 6.07) is 5.14. The molecule has 0 unspecified atom stereocenters. The normalized spacial score (nSPS) is 10.4. The van der Waals surface area contributed by atoms with E-state index < -0.39 is 23.9 Å². The number of hydrogen-bond donors (Lipinski definition) is 4. The molecule has 2 rings (SSSR count). The number of nitrogens with zero attached hydrogens (tertiary/aromatic N) is 3. The number of primary amides is 2. The molecule has 4 amide bonds. The van der Waals surface area contributed by atoms with E-state index >= 15 is 0 Å². The van der Waals surface area contributed by atoms with Gasteiger partial charge >= 0.3 is 6.03 Å². The third-order valence-electron chi connectivity index (χ3n) is 3.20. The lowest BCUT2D eigenvalue weighted by molar-refractivity contribution is -0.128. The Labute approximate surface area is 137 Å². The van der Waals surface area contributed by atoms with Crippen LogP contribution in [0, 0.1) is 0 Å². The van der Waals surface area contributed by atoms with E-state index in [1.807, 2.05) is 24.3 Å². The van der Waals surface area contributed by atoms with E-state index in [0.717, 1.165) is 11.1 Å². The molecule has 0 saturated carbocycles. The lowest BCUT2D eigenvalue weighted by atomic mass is 10.1. The average molecular weight is 331 g/mol. The Morgan fingerprint density at radius 1 is 1.12 bits per heavy atom. The quantitative estimate of drug-likeness (QED) is 0.452. The van der Waals surface area contributed by atoms with Gasteiger partial charge in [0.25, 0.3) is 0 Å². The van der Waals surface area contributed by atoms with Crippen molar-refractivity contribution in [2.75, 3.05) is 0 Å². The van der Waals surface area contributed by atoms with Crippen molar-refractivity contribution >= 4 is 17.8 Å². The Kier molecular flexibility index (Phi) is 5.45. The highest BCUT2D eigenvalue weighted by atomic mass is 16.2. The first-order chi connectivity index (χ1) is 11.5. The summed E-state index contributed by atoms with van der Waals surface area (Å²) in [6.45, 7) is 0.672. The molecule has 0 aliphatic rings. The maximum atomic E-state index is 11.8. The van der Waals surface area contributed by atoms with Crippen LogP contribution in [0.15, 0.2) is 36.9 Å². The SMILES string of the molecule is NC(=O)C(NC(=O)NCc1ccccc1Cn1cncn1)C(N)=O. The van der Waals surface area contributed by atoms with Crippen molar-refractivity contribution in [1.82, 2.24) is 25.4 Å². The molecule has 6 N–H and O–H groups in total. The number of aromatic nitrogens is 3. The van der Waals surface area contributed by atoms with E-state index in [9.17, 15) is 14.4 Å². The van der Waals surface area contributed by atoms with Gasteiger partial charge in [0, 0.05) is 6.54 Å². The number of nitrogens with one attached hydrogen (secondary N) is 2. The fraction of sp³-hybridized carbons (Fsp3) is 0.214. The molecule has 1 aromatic heterocycles. The van der Waals surface area contributed by atoms with Gasteiger partial charge in [-0.1, -0.05) is 24.3 Å². The molecule has 24 heavy (non-hydrogen) atoms. The third-order valence-corrected chi connectivity index (χ3v) is 3.20. The van der Waals surface area contributed by atoms with Crippen LogP contribution in [0.3, 0.4) is 0 Å². The standard InChI is InChI=1S/C14H17N7O3/c15-12(22)11(13(16)23)20-14(24)18-5-9-3-1-2-4-10(9)6-21-8-17-7-19-21/h1-4,7-8,11H,5-6H2,(H2,15,22)(H2,16,23)(H2,18,20,24). The highest BCUT2D eigenvalue weighted by Crippen LogP contribution is 2.09. The van der Waals surface area contributed by atoms with Gasteiger partial charge in [0.15, 0.2) is 6.04 Å². The number of carbonyl (C=O) groups excluding carboxylic acids is 3. The van der Waals surface area contributed by atoms with Crippen molar-refractivity contribution in [1.29, 1.82) is 0 Å². The zero-order valence-electron chi connectivity index (χ0n) is 12.7. The number of nitrogens with two attached hydrogens (primary N) is 2. The number of carbonyl (C=O) groups is 3. The zero-order chi connectivity index (χ0) is 17.5. The monoisotopic (exact) mass is 331 g/mol. The van der Waals surface area contributed by atoms with Crippen LogP contribution < -0.4 is 22.1 Å². The van der Waals surface area contributed by atoms with Gasteiger partial charge in [0.1, 0.15) is 12.7 Å². The second kappa shape index (κ2) is 7.72. The minimum absolute atomic E-state index is 0.181. The number of amides is 4. The van der Waals surface area contributed by atoms with Gasteiger partial charge in [-0.15, -0.1) is 0 Å². The van der Waals surface area contributed by atoms with Crippen molar-refractivity contribution < 1.29 is 14.4 Å². The fourth-order valence-corrected chi connectivity index (χ4v) is 2.01. The van der Waals surface area contributed by atoms with Gasteiger partial charge in [-0.05, 0) is 11.1 Å². The van der Waals surface area contributed by atoms with Crippen LogP contribution in [0.2, 0.25) is 0 Å². The molecule has 0 saturated heterocycles. The first kappa shape index (κ1) is 16.9. The molecule has 0 aliphatic heterocycles. The molecular weight excluding hydrogens is 314 g/mol. The molecular formula is C14H17N7O3. The predicted octanol–water partition coefficient (Wildman–Crippen LogP) is -1.54. The summed E-state index contributed by atoms with van der Waals surface area (Å²) in [5, 5.41) is 8.70. The van der Waals surface area contributed by atoms with Gasteiger partial charge in [-0.2, -0.15) is 5.10 Å². The first-order valence-corrected chi connectivity index (χ1v) is 6.99. The number of benzene rings is 1. The fourth-order valence-electron chi connectivity index (χ4n) is 2.01. The van der Waals surface area contributed by atoms with E-state index in [-0.39, 0.29) is 6.54 Å². The van der Waals surface area contributed by atoms with E-state index in [1.165, 1.54) is 6.33 Å². The highest BCUT2D eigenvalue weighted by molar-refractivity contribution is 6.05. The Hall–Kier alpha value is -3.43. The molecule has 0 radical (unpaired) electrons. The summed E-state index contributed by atoms with van der Waals surface area (Å²) in [6.07, 6.45) is 3.02. The van der Waals surface area contributed by atoms with E-state index in [1.54, 1.807) is 11.0 Å². The maximum Gasteiger partial charge on any atom is 0.316 e. The smallest absolute Gasteiger partial charge is 0.316 e. The van der Waals surface area contributed by atoms with Gasteiger partial charge in [-0.25, -0.2) is 14.5 Å². The Morgan fingerprint density at radius 2 is 1.79 bits per heavy atom. The maximum absolute atomic E-state index is 11.8. The molecule has 10 heteroatoms. The van der Waals surface area contributed by atoms with Crippen molar-refractivity contribution in [3.63, 3.8) is 0 Å². The molecule has 0 fully saturated rings. The van der Waals surface area contributed by atoms with Crippen molar-refractivity contribution in [3.8, 4) is 0 Å². The highest BCUT2D eigenvalue weighted by Gasteiger charge is 2.23. The second-order valence-corrected chi connectivity index (χ2v) is 4.93. The molecule has 126 valence electrons. The third kappa shape index (κ3) is 4.53. The number of hydrogen-bond acceptors (Lipinski definition) is 5. The van der Waals surface area contributed by atoms with Crippen LogP contribution in [0.5, 0.6) is 0 Å². The van der Waals surface area contributed by atoms with Crippen molar-refractivity contribution in [2.24, 2.45) is 11.5 Å². The van der Waals surface area contributed by atoms with Crippen LogP contribution in [-0.4, -0.2) is 38.7 Å². The van der Waals surface area contributed by atoms with Crippen LogP contribution in [-0.2, 0) is 22.7 Å². The lowest BCUT2D eigenvalue weighted by Gasteiger charge is -2.14. The van der Waals surface area contributed by atoms with Gasteiger partial charge in [0.2, 0.25) is 11.8 Å². The molecule has 1 aromatic carbocycles. The van der Waals surface area contributed by atoms with Crippen molar-refractivity contribution in [2.45, 2.75) is 19.1 Å².